The van der Waals surface area contributed by atoms with Gasteiger partial charge in [0.1, 0.15) is 5.76 Å². The normalized spacial score (nSPS) is 15.1. The summed E-state index contributed by atoms with van der Waals surface area (Å²) >= 11 is 0. The van der Waals surface area contributed by atoms with Gasteiger partial charge in [-0.05, 0) is 36.9 Å². The second-order valence-corrected chi connectivity index (χ2v) is 6.92. The first kappa shape index (κ1) is 15.9. The Morgan fingerprint density at radius 1 is 1.24 bits per heavy atom. The number of ether oxygens (including phenoxy) is 1. The minimum absolute atomic E-state index is 0.187. The second-order valence-electron chi connectivity index (χ2n) is 6.92. The van der Waals surface area contributed by atoms with E-state index in [-0.39, 0.29) is 6.04 Å². The molecule has 0 aliphatic rings. The van der Waals surface area contributed by atoms with Crippen LogP contribution in [-0.4, -0.2) is 13.7 Å². The molecule has 0 aliphatic heterocycles. The van der Waals surface area contributed by atoms with Gasteiger partial charge in [0.25, 0.3) is 0 Å². The van der Waals surface area contributed by atoms with E-state index in [1.54, 1.807) is 7.11 Å². The van der Waals surface area contributed by atoms with Gasteiger partial charge in [-0.25, -0.2) is 0 Å². The Bertz CT molecular complexity index is 595. The molecule has 0 saturated carbocycles. The van der Waals surface area contributed by atoms with Gasteiger partial charge in [0.2, 0.25) is 0 Å². The Morgan fingerprint density at radius 2 is 1.95 bits per heavy atom. The lowest BCUT2D eigenvalue weighted by Gasteiger charge is -2.28. The molecule has 0 spiro atoms. The van der Waals surface area contributed by atoms with Crippen molar-refractivity contribution in [1.82, 2.24) is 5.32 Å². The van der Waals surface area contributed by atoms with Crippen molar-refractivity contribution in [3.63, 3.8) is 0 Å². The topological polar surface area (TPSA) is 34.4 Å². The molecule has 0 amide bonds. The third-order valence-electron chi connectivity index (χ3n) is 4.38. The lowest BCUT2D eigenvalue weighted by molar-refractivity contribution is 0.243. The zero-order valence-electron chi connectivity index (χ0n) is 14.0. The molecule has 116 valence electrons. The van der Waals surface area contributed by atoms with E-state index in [1.807, 2.05) is 12.1 Å². The van der Waals surface area contributed by atoms with Crippen LogP contribution in [0.2, 0.25) is 0 Å². The molecule has 1 aromatic heterocycles. The molecular formula is C18H27NO2. The summed E-state index contributed by atoms with van der Waals surface area (Å²) in [6.45, 7) is 12.2. The van der Waals surface area contributed by atoms with Crippen LogP contribution in [-0.2, 0) is 0 Å². The SMILES string of the molecule is COc1cccc2cc(C(C)NCC(C)C(C)(C)C)oc12. The van der Waals surface area contributed by atoms with Crippen molar-refractivity contribution < 1.29 is 9.15 Å². The van der Waals surface area contributed by atoms with Gasteiger partial charge in [-0.1, -0.05) is 39.8 Å². The van der Waals surface area contributed by atoms with Gasteiger partial charge in [0.05, 0.1) is 13.2 Å². The molecule has 2 rings (SSSR count). The molecule has 2 unspecified atom stereocenters. The van der Waals surface area contributed by atoms with E-state index < -0.39 is 0 Å². The van der Waals surface area contributed by atoms with Crippen molar-refractivity contribution >= 4 is 11.0 Å². The highest BCUT2D eigenvalue weighted by atomic mass is 16.5. The monoisotopic (exact) mass is 289 g/mol. The highest BCUT2D eigenvalue weighted by molar-refractivity contribution is 5.83. The summed E-state index contributed by atoms with van der Waals surface area (Å²) < 4.78 is 11.3. The number of para-hydroxylation sites is 1. The largest absolute Gasteiger partial charge is 0.493 e. The van der Waals surface area contributed by atoms with E-state index in [0.29, 0.717) is 11.3 Å². The van der Waals surface area contributed by atoms with Crippen LogP contribution in [0.1, 0.15) is 46.4 Å². The molecule has 3 heteroatoms. The van der Waals surface area contributed by atoms with Crippen LogP contribution in [0.4, 0.5) is 0 Å². The number of fused-ring (bicyclic) bond motifs is 1. The van der Waals surface area contributed by atoms with Gasteiger partial charge in [-0.2, -0.15) is 0 Å². The van der Waals surface area contributed by atoms with E-state index in [2.05, 4.69) is 52.1 Å². The van der Waals surface area contributed by atoms with Gasteiger partial charge >= 0.3 is 0 Å². The van der Waals surface area contributed by atoms with Crippen LogP contribution >= 0.6 is 0 Å². The first-order valence-electron chi connectivity index (χ1n) is 7.62. The summed E-state index contributed by atoms with van der Waals surface area (Å²) in [5.74, 6) is 2.34. The first-order chi connectivity index (χ1) is 9.82. The number of hydrogen-bond acceptors (Lipinski definition) is 3. The van der Waals surface area contributed by atoms with Crippen molar-refractivity contribution in [2.24, 2.45) is 11.3 Å². The number of methoxy groups -OCH3 is 1. The highest BCUT2D eigenvalue weighted by Gasteiger charge is 2.21. The molecule has 1 aromatic carbocycles. The van der Waals surface area contributed by atoms with Crippen molar-refractivity contribution in [1.29, 1.82) is 0 Å². The van der Waals surface area contributed by atoms with Crippen molar-refractivity contribution in [3.8, 4) is 5.75 Å². The second kappa shape index (κ2) is 6.10. The zero-order chi connectivity index (χ0) is 15.6. The van der Waals surface area contributed by atoms with Crippen molar-refractivity contribution in [2.75, 3.05) is 13.7 Å². The maximum absolute atomic E-state index is 5.98. The molecule has 0 aliphatic carbocycles. The summed E-state index contributed by atoms with van der Waals surface area (Å²) in [6.07, 6.45) is 0. The smallest absolute Gasteiger partial charge is 0.176 e. The number of furan rings is 1. The van der Waals surface area contributed by atoms with Crippen LogP contribution in [0.25, 0.3) is 11.0 Å². The standard InChI is InChI=1S/C18H27NO2/c1-12(18(3,4)5)11-19-13(2)16-10-14-8-7-9-15(20-6)17(14)21-16/h7-10,12-13,19H,11H2,1-6H3. The predicted molar refractivity (Wildman–Crippen MR) is 87.8 cm³/mol. The van der Waals surface area contributed by atoms with Gasteiger partial charge in [0, 0.05) is 5.39 Å². The molecule has 0 bridgehead atoms. The Balaban J connectivity index is 2.11. The molecule has 0 radical (unpaired) electrons. The number of benzene rings is 1. The Labute approximate surface area is 127 Å². The lowest BCUT2D eigenvalue weighted by Crippen LogP contribution is -2.31. The van der Waals surface area contributed by atoms with Gasteiger partial charge in [-0.3, -0.25) is 0 Å². The van der Waals surface area contributed by atoms with Crippen LogP contribution in [0.5, 0.6) is 5.75 Å². The van der Waals surface area contributed by atoms with E-state index in [9.17, 15) is 0 Å². The average molecular weight is 289 g/mol. The van der Waals surface area contributed by atoms with Gasteiger partial charge < -0.3 is 14.5 Å². The molecule has 2 aromatic rings. The third kappa shape index (κ3) is 3.59. The van der Waals surface area contributed by atoms with Crippen LogP contribution in [0.15, 0.2) is 28.7 Å². The molecule has 3 nitrogen and oxygen atoms in total. The fourth-order valence-corrected chi connectivity index (χ4v) is 2.19. The average Bonchev–Trinajstić information content (AvgIpc) is 2.87. The molecule has 1 N–H and O–H groups in total. The molecular weight excluding hydrogens is 262 g/mol. The van der Waals surface area contributed by atoms with Gasteiger partial charge in [-0.15, -0.1) is 0 Å². The third-order valence-corrected chi connectivity index (χ3v) is 4.38. The Morgan fingerprint density at radius 3 is 2.57 bits per heavy atom. The number of hydrogen-bond donors (Lipinski definition) is 1. The van der Waals surface area contributed by atoms with Crippen LogP contribution < -0.4 is 10.1 Å². The zero-order valence-corrected chi connectivity index (χ0v) is 14.0. The van der Waals surface area contributed by atoms with E-state index in [1.165, 1.54) is 0 Å². The molecule has 1 heterocycles. The Kier molecular flexibility index (Phi) is 4.62. The molecule has 0 saturated heterocycles. The lowest BCUT2D eigenvalue weighted by atomic mass is 9.82. The molecule has 0 fully saturated rings. The summed E-state index contributed by atoms with van der Waals surface area (Å²) in [5.41, 5.74) is 1.14. The minimum atomic E-state index is 0.187. The molecule has 2 atom stereocenters. The summed E-state index contributed by atoms with van der Waals surface area (Å²) in [5, 5.41) is 4.65. The number of nitrogens with one attached hydrogen (secondary N) is 1. The molecule has 21 heavy (non-hydrogen) atoms. The highest BCUT2D eigenvalue weighted by Crippen LogP contribution is 2.31. The quantitative estimate of drug-likeness (QED) is 0.860. The van der Waals surface area contributed by atoms with Crippen LogP contribution in [0, 0.1) is 11.3 Å². The van der Waals surface area contributed by atoms with Crippen molar-refractivity contribution in [2.45, 2.75) is 40.7 Å². The summed E-state index contributed by atoms with van der Waals surface area (Å²) in [7, 11) is 1.67. The van der Waals surface area contributed by atoms with Crippen LogP contribution in [0.3, 0.4) is 0 Å². The fourth-order valence-electron chi connectivity index (χ4n) is 2.19. The van der Waals surface area contributed by atoms with E-state index in [4.69, 9.17) is 9.15 Å². The fraction of sp³-hybridized carbons (Fsp3) is 0.556. The minimum Gasteiger partial charge on any atom is -0.493 e. The maximum atomic E-state index is 5.98. The van der Waals surface area contributed by atoms with E-state index in [0.717, 1.165) is 29.0 Å². The summed E-state index contributed by atoms with van der Waals surface area (Å²) in [6, 6.07) is 8.24. The predicted octanol–water partition coefficient (Wildman–Crippen LogP) is 4.77. The van der Waals surface area contributed by atoms with Gasteiger partial charge in [0.15, 0.2) is 11.3 Å². The van der Waals surface area contributed by atoms with Crippen molar-refractivity contribution in [3.05, 3.63) is 30.0 Å². The first-order valence-corrected chi connectivity index (χ1v) is 7.62. The maximum Gasteiger partial charge on any atom is 0.176 e. The number of rotatable bonds is 5. The summed E-state index contributed by atoms with van der Waals surface area (Å²) in [4.78, 5) is 0. The van der Waals surface area contributed by atoms with E-state index >= 15 is 0 Å². The Hall–Kier alpha value is -1.48.